The summed E-state index contributed by atoms with van der Waals surface area (Å²) in [5.74, 6) is 0. The van der Waals surface area contributed by atoms with Crippen LogP contribution in [0.15, 0.2) is 17.6 Å². The summed E-state index contributed by atoms with van der Waals surface area (Å²) in [6, 6.07) is 0. The molecule has 5 nitrogen and oxygen atoms in total. The summed E-state index contributed by atoms with van der Waals surface area (Å²) in [5, 5.41) is 0.131. The van der Waals surface area contributed by atoms with E-state index >= 15 is 0 Å². The minimum absolute atomic E-state index is 0.131. The van der Waals surface area contributed by atoms with E-state index in [9.17, 15) is 8.42 Å². The van der Waals surface area contributed by atoms with E-state index < -0.39 is 10.0 Å². The monoisotopic (exact) mass is 293 g/mol. The Morgan fingerprint density at radius 3 is 2.80 bits per heavy atom. The molecule has 0 radical (unpaired) electrons. The van der Waals surface area contributed by atoms with Gasteiger partial charge >= 0.3 is 0 Å². The second kappa shape index (κ2) is 3.88. The molecule has 84 valence electrons. The SMILES string of the molecule is Cn1cnc(S(=O)(=O)N2CCC(Br)C2)c1. The van der Waals surface area contributed by atoms with E-state index in [1.165, 1.54) is 16.8 Å². The lowest BCUT2D eigenvalue weighted by Crippen LogP contribution is -2.29. The fraction of sp³-hybridized carbons (Fsp3) is 0.625. The first-order valence-corrected chi connectivity index (χ1v) is 6.98. The Hall–Kier alpha value is -0.400. The molecule has 1 aliphatic rings. The lowest BCUT2D eigenvalue weighted by molar-refractivity contribution is 0.475. The number of hydrogen-bond donors (Lipinski definition) is 0. The van der Waals surface area contributed by atoms with E-state index in [2.05, 4.69) is 20.9 Å². The highest BCUT2D eigenvalue weighted by molar-refractivity contribution is 9.09. The third kappa shape index (κ3) is 2.09. The van der Waals surface area contributed by atoms with Crippen LogP contribution in [0.2, 0.25) is 0 Å². The molecule has 1 aromatic heterocycles. The summed E-state index contributed by atoms with van der Waals surface area (Å²) >= 11 is 3.42. The molecule has 0 saturated carbocycles. The van der Waals surface area contributed by atoms with E-state index in [0.29, 0.717) is 13.1 Å². The maximum absolute atomic E-state index is 12.0. The van der Waals surface area contributed by atoms with Gasteiger partial charge in [-0.05, 0) is 6.42 Å². The van der Waals surface area contributed by atoms with Crippen molar-refractivity contribution in [1.82, 2.24) is 13.9 Å². The number of halogens is 1. The Balaban J connectivity index is 2.27. The largest absolute Gasteiger partial charge is 0.339 e. The van der Waals surface area contributed by atoms with Crippen LogP contribution in [0.5, 0.6) is 0 Å². The van der Waals surface area contributed by atoms with Crippen LogP contribution in [-0.2, 0) is 17.1 Å². The number of imidazole rings is 1. The van der Waals surface area contributed by atoms with Crippen LogP contribution >= 0.6 is 15.9 Å². The molecule has 0 amide bonds. The van der Waals surface area contributed by atoms with Crippen LogP contribution < -0.4 is 0 Å². The highest BCUT2D eigenvalue weighted by atomic mass is 79.9. The van der Waals surface area contributed by atoms with Gasteiger partial charge in [-0.25, -0.2) is 13.4 Å². The third-order valence-corrected chi connectivity index (χ3v) is 4.88. The van der Waals surface area contributed by atoms with E-state index in [4.69, 9.17) is 0 Å². The van der Waals surface area contributed by atoms with E-state index in [1.807, 2.05) is 0 Å². The van der Waals surface area contributed by atoms with Crippen molar-refractivity contribution in [3.05, 3.63) is 12.5 Å². The van der Waals surface area contributed by atoms with Gasteiger partial charge < -0.3 is 4.57 Å². The number of rotatable bonds is 2. The van der Waals surface area contributed by atoms with Crippen molar-refractivity contribution in [2.24, 2.45) is 7.05 Å². The molecule has 1 atom stereocenters. The number of nitrogens with zero attached hydrogens (tertiary/aromatic N) is 3. The molecular formula is C8H12BrN3O2S. The molecule has 0 aromatic carbocycles. The first kappa shape index (κ1) is 11.1. The van der Waals surface area contributed by atoms with Crippen LogP contribution in [0.1, 0.15) is 6.42 Å². The molecule has 1 unspecified atom stereocenters. The molecule has 2 heterocycles. The van der Waals surface area contributed by atoms with Crippen molar-refractivity contribution >= 4 is 26.0 Å². The third-order valence-electron chi connectivity index (χ3n) is 2.38. The van der Waals surface area contributed by atoms with Crippen LogP contribution in [0.25, 0.3) is 0 Å². The number of aryl methyl sites for hydroxylation is 1. The van der Waals surface area contributed by atoms with Gasteiger partial charge in [0.15, 0.2) is 5.03 Å². The standard InChI is InChI=1S/C8H12BrN3O2S/c1-11-5-8(10-6-11)15(13,14)12-3-2-7(9)4-12/h5-7H,2-4H2,1H3. The maximum atomic E-state index is 12.0. The predicted molar refractivity (Wildman–Crippen MR) is 59.3 cm³/mol. The Morgan fingerprint density at radius 1 is 1.60 bits per heavy atom. The van der Waals surface area contributed by atoms with Gasteiger partial charge in [-0.15, -0.1) is 0 Å². The Morgan fingerprint density at radius 2 is 2.33 bits per heavy atom. The van der Waals surface area contributed by atoms with E-state index in [-0.39, 0.29) is 9.85 Å². The fourth-order valence-corrected chi connectivity index (χ4v) is 3.77. The van der Waals surface area contributed by atoms with Crippen LogP contribution in [0, 0.1) is 0 Å². The molecule has 1 fully saturated rings. The molecule has 0 aliphatic carbocycles. The lowest BCUT2D eigenvalue weighted by Gasteiger charge is -2.13. The molecule has 0 bridgehead atoms. The molecule has 1 aliphatic heterocycles. The van der Waals surface area contributed by atoms with Crippen LogP contribution in [0.4, 0.5) is 0 Å². The van der Waals surface area contributed by atoms with Crippen molar-refractivity contribution in [1.29, 1.82) is 0 Å². The Bertz CT molecular complexity index is 456. The summed E-state index contributed by atoms with van der Waals surface area (Å²) in [4.78, 5) is 4.14. The van der Waals surface area contributed by atoms with Gasteiger partial charge in [0.05, 0.1) is 6.33 Å². The number of sulfonamides is 1. The van der Waals surface area contributed by atoms with E-state index in [0.717, 1.165) is 6.42 Å². The van der Waals surface area contributed by atoms with E-state index in [1.54, 1.807) is 11.6 Å². The van der Waals surface area contributed by atoms with Gasteiger partial charge in [-0.3, -0.25) is 0 Å². The number of aromatic nitrogens is 2. The zero-order valence-electron chi connectivity index (χ0n) is 8.30. The van der Waals surface area contributed by atoms with Crippen molar-refractivity contribution in [3.63, 3.8) is 0 Å². The summed E-state index contributed by atoms with van der Waals surface area (Å²) in [6.45, 7) is 1.09. The smallest absolute Gasteiger partial charge is 0.262 e. The Kier molecular flexibility index (Phi) is 2.87. The second-order valence-electron chi connectivity index (χ2n) is 3.63. The zero-order chi connectivity index (χ0) is 11.1. The average molecular weight is 294 g/mol. The second-order valence-corrected chi connectivity index (χ2v) is 6.81. The molecule has 0 spiro atoms. The number of alkyl halides is 1. The van der Waals surface area contributed by atoms with Gasteiger partial charge in [0.1, 0.15) is 0 Å². The Labute approximate surface area is 97.3 Å². The van der Waals surface area contributed by atoms with Gasteiger partial charge in [0.2, 0.25) is 0 Å². The maximum Gasteiger partial charge on any atom is 0.262 e. The minimum atomic E-state index is -3.38. The molecular weight excluding hydrogens is 282 g/mol. The molecule has 15 heavy (non-hydrogen) atoms. The number of hydrogen-bond acceptors (Lipinski definition) is 3. The first-order chi connectivity index (χ1) is 7.00. The van der Waals surface area contributed by atoms with Crippen LogP contribution in [0.3, 0.4) is 0 Å². The molecule has 1 saturated heterocycles. The van der Waals surface area contributed by atoms with Crippen molar-refractivity contribution in [3.8, 4) is 0 Å². The summed E-state index contributed by atoms with van der Waals surface area (Å²) in [7, 11) is -1.63. The zero-order valence-corrected chi connectivity index (χ0v) is 10.7. The summed E-state index contributed by atoms with van der Waals surface area (Å²) in [6.07, 6.45) is 3.87. The molecule has 2 rings (SSSR count). The van der Waals surface area contributed by atoms with Gasteiger partial charge in [-0.2, -0.15) is 4.31 Å². The topological polar surface area (TPSA) is 55.2 Å². The molecule has 7 heteroatoms. The summed E-state index contributed by atoms with van der Waals surface area (Å²) < 4.78 is 27.1. The normalized spacial score (nSPS) is 23.5. The minimum Gasteiger partial charge on any atom is -0.339 e. The predicted octanol–water partition coefficient (Wildman–Crippen LogP) is 0.578. The summed E-state index contributed by atoms with van der Waals surface area (Å²) in [5.41, 5.74) is 0. The van der Waals surface area contributed by atoms with Crippen molar-refractivity contribution in [2.75, 3.05) is 13.1 Å². The van der Waals surface area contributed by atoms with Gasteiger partial charge in [-0.1, -0.05) is 15.9 Å². The van der Waals surface area contributed by atoms with Gasteiger partial charge in [0.25, 0.3) is 10.0 Å². The first-order valence-electron chi connectivity index (χ1n) is 4.62. The average Bonchev–Trinajstić information content (AvgIpc) is 2.74. The lowest BCUT2D eigenvalue weighted by atomic mass is 10.4. The highest BCUT2D eigenvalue weighted by Gasteiger charge is 2.32. The van der Waals surface area contributed by atoms with Crippen molar-refractivity contribution < 1.29 is 8.42 Å². The van der Waals surface area contributed by atoms with Crippen LogP contribution in [-0.4, -0.2) is 40.2 Å². The molecule has 1 aromatic rings. The van der Waals surface area contributed by atoms with Gasteiger partial charge in [0, 0.05) is 31.2 Å². The fourth-order valence-electron chi connectivity index (χ4n) is 1.56. The quantitative estimate of drug-likeness (QED) is 0.750. The molecule has 0 N–H and O–H groups in total. The highest BCUT2D eigenvalue weighted by Crippen LogP contribution is 2.23. The van der Waals surface area contributed by atoms with Crippen molar-refractivity contribution in [2.45, 2.75) is 16.3 Å².